The van der Waals surface area contributed by atoms with E-state index in [1.54, 1.807) is 17.8 Å². The standard InChI is InChI=1S/C25H26N4O/c1-17-15-22(28-29(17)5)24(30)27-23(25(2,3)4)21(16-26)20-13-11-19(12-14-20)18-9-7-6-8-10-18/h6-15H,1-5H3,(H,27,30). The molecule has 5 nitrogen and oxygen atoms in total. The van der Waals surface area contributed by atoms with Gasteiger partial charge in [-0.15, -0.1) is 0 Å². The molecule has 30 heavy (non-hydrogen) atoms. The quantitative estimate of drug-likeness (QED) is 0.621. The van der Waals surface area contributed by atoms with Gasteiger partial charge < -0.3 is 5.32 Å². The van der Waals surface area contributed by atoms with Crippen LogP contribution in [0.2, 0.25) is 0 Å². The summed E-state index contributed by atoms with van der Waals surface area (Å²) in [5, 5.41) is 17.2. The molecule has 0 bridgehead atoms. The summed E-state index contributed by atoms with van der Waals surface area (Å²) in [7, 11) is 1.79. The van der Waals surface area contributed by atoms with Crippen LogP contribution in [0.25, 0.3) is 16.7 Å². The Balaban J connectivity index is 2.00. The van der Waals surface area contributed by atoms with E-state index in [-0.39, 0.29) is 5.91 Å². The first-order valence-corrected chi connectivity index (χ1v) is 9.83. The van der Waals surface area contributed by atoms with Crippen LogP contribution < -0.4 is 5.32 Å². The third-order valence-electron chi connectivity index (χ3n) is 4.98. The molecule has 3 aromatic rings. The number of nitriles is 1. The van der Waals surface area contributed by atoms with Gasteiger partial charge in [0.15, 0.2) is 5.69 Å². The zero-order valence-corrected chi connectivity index (χ0v) is 18.0. The second-order valence-electron chi connectivity index (χ2n) is 8.30. The number of amides is 1. The lowest BCUT2D eigenvalue weighted by atomic mass is 9.86. The van der Waals surface area contributed by atoms with Gasteiger partial charge in [-0.05, 0) is 29.7 Å². The normalized spacial score (nSPS) is 12.1. The Morgan fingerprint density at radius 1 is 1.03 bits per heavy atom. The van der Waals surface area contributed by atoms with E-state index in [0.29, 0.717) is 17.0 Å². The number of benzene rings is 2. The Hall–Kier alpha value is -3.65. The van der Waals surface area contributed by atoms with Crippen molar-refractivity contribution >= 4 is 11.5 Å². The molecule has 0 saturated carbocycles. The lowest BCUT2D eigenvalue weighted by molar-refractivity contribution is 0.0952. The van der Waals surface area contributed by atoms with Crippen LogP contribution in [-0.2, 0) is 7.05 Å². The summed E-state index contributed by atoms with van der Waals surface area (Å²) in [5.41, 5.74) is 4.74. The van der Waals surface area contributed by atoms with E-state index < -0.39 is 5.41 Å². The second kappa shape index (κ2) is 8.38. The van der Waals surface area contributed by atoms with Crippen molar-refractivity contribution < 1.29 is 4.79 Å². The number of nitrogens with one attached hydrogen (secondary N) is 1. The number of carbonyl (C=O) groups is 1. The summed E-state index contributed by atoms with van der Waals surface area (Å²) in [6.07, 6.45) is 0. The number of hydrogen-bond acceptors (Lipinski definition) is 3. The first kappa shape index (κ1) is 21.1. The minimum atomic E-state index is -0.442. The highest BCUT2D eigenvalue weighted by Gasteiger charge is 2.26. The molecule has 3 rings (SSSR count). The summed E-state index contributed by atoms with van der Waals surface area (Å²) in [6.45, 7) is 7.81. The Labute approximate surface area is 177 Å². The molecule has 0 radical (unpaired) electrons. The van der Waals surface area contributed by atoms with Crippen LogP contribution in [0.3, 0.4) is 0 Å². The van der Waals surface area contributed by atoms with E-state index in [1.807, 2.05) is 82.3 Å². The summed E-state index contributed by atoms with van der Waals surface area (Å²) in [4.78, 5) is 12.8. The smallest absolute Gasteiger partial charge is 0.275 e. The number of aromatic nitrogens is 2. The molecule has 152 valence electrons. The highest BCUT2D eigenvalue weighted by Crippen LogP contribution is 2.31. The van der Waals surface area contributed by atoms with Crippen molar-refractivity contribution in [3.05, 3.63) is 83.3 Å². The van der Waals surface area contributed by atoms with Crippen molar-refractivity contribution in [3.8, 4) is 17.2 Å². The molecule has 0 saturated heterocycles. The van der Waals surface area contributed by atoms with E-state index in [9.17, 15) is 10.1 Å². The van der Waals surface area contributed by atoms with Gasteiger partial charge in [0.1, 0.15) is 6.07 Å². The van der Waals surface area contributed by atoms with Gasteiger partial charge in [-0.2, -0.15) is 10.4 Å². The highest BCUT2D eigenvalue weighted by atomic mass is 16.2. The molecular weight excluding hydrogens is 372 g/mol. The van der Waals surface area contributed by atoms with Crippen LogP contribution in [0, 0.1) is 23.7 Å². The first-order valence-electron chi connectivity index (χ1n) is 9.83. The van der Waals surface area contributed by atoms with Gasteiger partial charge in [0.2, 0.25) is 0 Å². The Bertz CT molecular complexity index is 1110. The maximum atomic E-state index is 12.8. The fraction of sp³-hybridized carbons (Fsp3) is 0.240. The van der Waals surface area contributed by atoms with Crippen molar-refractivity contribution in [1.82, 2.24) is 15.1 Å². The van der Waals surface area contributed by atoms with Gasteiger partial charge >= 0.3 is 0 Å². The molecule has 0 spiro atoms. The van der Waals surface area contributed by atoms with Gasteiger partial charge in [0, 0.05) is 23.9 Å². The lowest BCUT2D eigenvalue weighted by Crippen LogP contribution is -2.31. The molecule has 1 N–H and O–H groups in total. The van der Waals surface area contributed by atoms with Crippen molar-refractivity contribution in [3.63, 3.8) is 0 Å². The first-order chi connectivity index (χ1) is 14.2. The molecule has 1 heterocycles. The number of nitrogens with zero attached hydrogens (tertiary/aromatic N) is 3. The Kier molecular flexibility index (Phi) is 5.89. The van der Waals surface area contributed by atoms with E-state index in [0.717, 1.165) is 22.4 Å². The molecule has 0 fully saturated rings. The molecule has 0 unspecified atom stereocenters. The van der Waals surface area contributed by atoms with Crippen LogP contribution in [0.5, 0.6) is 0 Å². The summed E-state index contributed by atoms with van der Waals surface area (Å²) in [6, 6.07) is 21.9. The molecule has 0 aliphatic carbocycles. The molecule has 1 amide bonds. The zero-order chi connectivity index (χ0) is 21.9. The fourth-order valence-electron chi connectivity index (χ4n) is 3.20. The maximum absolute atomic E-state index is 12.8. The van der Waals surface area contributed by atoms with Crippen LogP contribution in [-0.4, -0.2) is 15.7 Å². The van der Waals surface area contributed by atoms with Gasteiger partial charge in [-0.1, -0.05) is 75.4 Å². The van der Waals surface area contributed by atoms with Crippen molar-refractivity contribution in [2.24, 2.45) is 12.5 Å². The molecule has 5 heteroatoms. The van der Waals surface area contributed by atoms with E-state index in [2.05, 4.69) is 16.5 Å². The SMILES string of the molecule is Cc1cc(C(=O)NC(=C(C#N)c2ccc(-c3ccccc3)cc2)C(C)(C)C)nn1C. The summed E-state index contributed by atoms with van der Waals surface area (Å²) in [5.74, 6) is -0.322. The number of carbonyl (C=O) groups excluding carboxylic acids is 1. The topological polar surface area (TPSA) is 70.7 Å². The molecule has 0 aliphatic heterocycles. The largest absolute Gasteiger partial charge is 0.322 e. The summed E-state index contributed by atoms with van der Waals surface area (Å²) >= 11 is 0. The van der Waals surface area contributed by atoms with E-state index in [4.69, 9.17) is 0 Å². The average molecular weight is 399 g/mol. The lowest BCUT2D eigenvalue weighted by Gasteiger charge is -2.25. The van der Waals surface area contributed by atoms with E-state index >= 15 is 0 Å². The Morgan fingerprint density at radius 3 is 2.13 bits per heavy atom. The average Bonchev–Trinajstić information content (AvgIpc) is 3.07. The van der Waals surface area contributed by atoms with Crippen molar-refractivity contribution in [2.75, 3.05) is 0 Å². The van der Waals surface area contributed by atoms with Gasteiger partial charge in [-0.25, -0.2) is 0 Å². The zero-order valence-electron chi connectivity index (χ0n) is 18.0. The van der Waals surface area contributed by atoms with Gasteiger partial charge in [-0.3, -0.25) is 9.48 Å². The summed E-state index contributed by atoms with van der Waals surface area (Å²) < 4.78 is 1.66. The minimum absolute atomic E-state index is 0.322. The second-order valence-corrected chi connectivity index (χ2v) is 8.30. The van der Waals surface area contributed by atoms with Gasteiger partial charge in [0.05, 0.1) is 5.57 Å². The number of allylic oxidation sites excluding steroid dienone is 2. The predicted octanol–water partition coefficient (Wildman–Crippen LogP) is 5.11. The molecule has 1 aromatic heterocycles. The van der Waals surface area contributed by atoms with Gasteiger partial charge in [0.25, 0.3) is 5.91 Å². The maximum Gasteiger partial charge on any atom is 0.275 e. The van der Waals surface area contributed by atoms with Crippen LogP contribution in [0.15, 0.2) is 66.4 Å². The molecule has 2 aromatic carbocycles. The van der Waals surface area contributed by atoms with Crippen molar-refractivity contribution in [2.45, 2.75) is 27.7 Å². The number of rotatable bonds is 4. The molecular formula is C25H26N4O. The van der Waals surface area contributed by atoms with Crippen LogP contribution >= 0.6 is 0 Å². The predicted molar refractivity (Wildman–Crippen MR) is 119 cm³/mol. The third-order valence-corrected chi connectivity index (χ3v) is 4.98. The van der Waals surface area contributed by atoms with E-state index in [1.165, 1.54) is 0 Å². The van der Waals surface area contributed by atoms with Crippen LogP contribution in [0.4, 0.5) is 0 Å². The highest BCUT2D eigenvalue weighted by molar-refractivity contribution is 5.95. The monoisotopic (exact) mass is 398 g/mol. The van der Waals surface area contributed by atoms with Crippen molar-refractivity contribution in [1.29, 1.82) is 5.26 Å². The minimum Gasteiger partial charge on any atom is -0.322 e. The fourth-order valence-corrected chi connectivity index (χ4v) is 3.20. The molecule has 0 aliphatic rings. The Morgan fingerprint density at radius 2 is 1.63 bits per heavy atom. The number of hydrogen-bond donors (Lipinski definition) is 1. The third kappa shape index (κ3) is 4.49. The number of aryl methyl sites for hydroxylation is 2. The molecule has 0 atom stereocenters. The van der Waals surface area contributed by atoms with Crippen LogP contribution in [0.1, 0.15) is 42.5 Å².